The fourth-order valence-electron chi connectivity index (χ4n) is 4.42. The summed E-state index contributed by atoms with van der Waals surface area (Å²) in [7, 11) is -3.39. The van der Waals surface area contributed by atoms with Gasteiger partial charge >= 0.3 is 0 Å². The molecule has 1 aliphatic rings. The van der Waals surface area contributed by atoms with E-state index in [9.17, 15) is 12.8 Å². The maximum absolute atomic E-state index is 13.7. The van der Waals surface area contributed by atoms with Gasteiger partial charge in [0.1, 0.15) is 11.6 Å². The Balaban J connectivity index is 1.49. The van der Waals surface area contributed by atoms with Crippen molar-refractivity contribution in [3.05, 3.63) is 76.9 Å². The number of hydrogen-bond donors (Lipinski definition) is 2. The van der Waals surface area contributed by atoms with Gasteiger partial charge < -0.3 is 5.32 Å². The third-order valence-electron chi connectivity index (χ3n) is 6.50. The molecule has 0 atom stereocenters. The summed E-state index contributed by atoms with van der Waals surface area (Å²) < 4.78 is 42.5. The minimum absolute atomic E-state index is 0.176. The van der Waals surface area contributed by atoms with Crippen molar-refractivity contribution in [3.8, 4) is 5.95 Å². The Morgan fingerprint density at radius 1 is 1.06 bits per heavy atom. The molecule has 10 heteroatoms. The quantitative estimate of drug-likeness (QED) is 0.369. The molecule has 1 aliphatic carbocycles. The number of benzene rings is 2. The molecule has 2 N–H and O–H groups in total. The van der Waals surface area contributed by atoms with E-state index in [1.165, 1.54) is 12.1 Å². The van der Waals surface area contributed by atoms with Gasteiger partial charge in [-0.2, -0.15) is 14.8 Å². The van der Waals surface area contributed by atoms with Gasteiger partial charge in [-0.25, -0.2) is 22.5 Å². The molecular weight excluding hydrogens is 479 g/mol. The van der Waals surface area contributed by atoms with E-state index in [-0.39, 0.29) is 12.4 Å². The third kappa shape index (κ3) is 4.96. The van der Waals surface area contributed by atoms with Crippen LogP contribution in [0.3, 0.4) is 0 Å². The molecule has 0 fully saturated rings. The number of fused-ring (bicyclic) bond motifs is 2. The molecule has 0 amide bonds. The highest BCUT2D eigenvalue weighted by Crippen LogP contribution is 2.28. The minimum atomic E-state index is -3.39. The fourth-order valence-corrected chi connectivity index (χ4v) is 5.11. The van der Waals surface area contributed by atoms with E-state index in [4.69, 9.17) is 9.97 Å². The largest absolute Gasteiger partial charge is 0.366 e. The van der Waals surface area contributed by atoms with Gasteiger partial charge in [0.15, 0.2) is 0 Å². The summed E-state index contributed by atoms with van der Waals surface area (Å²) in [6, 6.07) is 12.2. The van der Waals surface area contributed by atoms with Crippen molar-refractivity contribution in [1.29, 1.82) is 0 Å². The van der Waals surface area contributed by atoms with Crippen LogP contribution in [0.1, 0.15) is 49.1 Å². The highest BCUT2D eigenvalue weighted by molar-refractivity contribution is 7.90. The summed E-state index contributed by atoms with van der Waals surface area (Å²) >= 11 is 0. The van der Waals surface area contributed by atoms with Crippen LogP contribution in [-0.4, -0.2) is 33.4 Å². The summed E-state index contributed by atoms with van der Waals surface area (Å²) in [6.07, 6.45) is 5.61. The van der Waals surface area contributed by atoms with Gasteiger partial charge in [-0.3, -0.25) is 0 Å². The molecule has 8 nitrogen and oxygen atoms in total. The van der Waals surface area contributed by atoms with Crippen LogP contribution in [0.5, 0.6) is 0 Å². The monoisotopic (exact) mass is 508 g/mol. The second kappa shape index (κ2) is 9.94. The Hall–Kier alpha value is -3.37. The summed E-state index contributed by atoms with van der Waals surface area (Å²) in [6.45, 7) is 3.91. The molecule has 0 saturated heterocycles. The summed E-state index contributed by atoms with van der Waals surface area (Å²) in [4.78, 5) is 9.68. The summed E-state index contributed by atoms with van der Waals surface area (Å²) in [5, 5.41) is 8.27. The second-order valence-electron chi connectivity index (χ2n) is 9.31. The molecular formula is C26H29FN6O2S. The number of sulfonamides is 1. The van der Waals surface area contributed by atoms with Gasteiger partial charge in [-0.1, -0.05) is 24.3 Å². The Bertz CT molecular complexity index is 1520. The number of anilines is 1. The Labute approximate surface area is 210 Å². The van der Waals surface area contributed by atoms with E-state index < -0.39 is 15.3 Å². The molecule has 2 aromatic carbocycles. The predicted octanol–water partition coefficient (Wildman–Crippen LogP) is 4.27. The first-order valence-electron chi connectivity index (χ1n) is 12.1. The first-order chi connectivity index (χ1) is 17.3. The van der Waals surface area contributed by atoms with Crippen LogP contribution < -0.4 is 10.0 Å². The van der Waals surface area contributed by atoms with Gasteiger partial charge in [0.05, 0.1) is 22.7 Å². The van der Waals surface area contributed by atoms with Gasteiger partial charge in [0.2, 0.25) is 10.0 Å². The third-order valence-corrected chi connectivity index (χ3v) is 8.29. The molecule has 2 heterocycles. The zero-order chi connectivity index (χ0) is 25.3. The zero-order valence-electron chi connectivity index (χ0n) is 20.3. The zero-order valence-corrected chi connectivity index (χ0v) is 21.1. The lowest BCUT2D eigenvalue weighted by Gasteiger charge is -2.20. The van der Waals surface area contributed by atoms with Gasteiger partial charge in [-0.15, -0.1) is 0 Å². The predicted molar refractivity (Wildman–Crippen MR) is 138 cm³/mol. The second-order valence-corrected chi connectivity index (χ2v) is 11.6. The van der Waals surface area contributed by atoms with Crippen molar-refractivity contribution < 1.29 is 12.8 Å². The van der Waals surface area contributed by atoms with Crippen LogP contribution in [-0.2, 0) is 36.0 Å². The molecule has 0 unspecified atom stereocenters. The number of aryl methyl sites for hydroxylation is 1. The normalized spacial score (nSPS) is 13.8. The van der Waals surface area contributed by atoms with Crippen molar-refractivity contribution in [2.24, 2.45) is 0 Å². The highest BCUT2D eigenvalue weighted by Gasteiger charge is 2.21. The number of nitrogens with one attached hydrogen (secondary N) is 2. The Kier molecular flexibility index (Phi) is 6.72. The van der Waals surface area contributed by atoms with E-state index in [1.54, 1.807) is 30.8 Å². The molecule has 36 heavy (non-hydrogen) atoms. The Morgan fingerprint density at radius 3 is 2.67 bits per heavy atom. The van der Waals surface area contributed by atoms with Gasteiger partial charge in [-0.05, 0) is 68.9 Å². The van der Waals surface area contributed by atoms with Crippen molar-refractivity contribution in [3.63, 3.8) is 0 Å². The molecule has 0 saturated carbocycles. The summed E-state index contributed by atoms with van der Waals surface area (Å²) in [5.74, 6) is 0.921. The molecule has 2 aromatic heterocycles. The average Bonchev–Trinajstić information content (AvgIpc) is 3.31. The van der Waals surface area contributed by atoms with Gasteiger partial charge in [0, 0.05) is 24.0 Å². The van der Waals surface area contributed by atoms with Crippen LogP contribution >= 0.6 is 0 Å². The standard InChI is InChI=1S/C26H29FN6O2S/c1-17(2)36(34,35)30-15-19-8-6-12-24-22(19)16-29-33(24)26-31-23-11-4-3-10-21(23)25(32-26)28-14-18-7-5-9-20(27)13-18/h5-9,12-13,16-17,30H,3-4,10-11,14-15H2,1-2H3,(H,28,31,32). The lowest BCUT2D eigenvalue weighted by molar-refractivity contribution is 0.572. The van der Waals surface area contributed by atoms with E-state index in [0.717, 1.165) is 64.8 Å². The van der Waals surface area contributed by atoms with Crippen molar-refractivity contribution in [1.82, 2.24) is 24.5 Å². The molecule has 0 radical (unpaired) electrons. The molecule has 0 aliphatic heterocycles. The lowest BCUT2D eigenvalue weighted by Crippen LogP contribution is -2.30. The number of rotatable bonds is 8. The number of nitrogens with zero attached hydrogens (tertiary/aromatic N) is 4. The minimum Gasteiger partial charge on any atom is -0.366 e. The Morgan fingerprint density at radius 2 is 1.86 bits per heavy atom. The molecule has 188 valence electrons. The maximum Gasteiger partial charge on any atom is 0.253 e. The smallest absolute Gasteiger partial charge is 0.253 e. The molecule has 0 bridgehead atoms. The van der Waals surface area contributed by atoms with Crippen LogP contribution in [0.2, 0.25) is 0 Å². The van der Waals surface area contributed by atoms with Crippen molar-refractivity contribution in [2.45, 2.75) is 57.9 Å². The molecule has 0 spiro atoms. The molecule has 5 rings (SSSR count). The van der Waals surface area contributed by atoms with Gasteiger partial charge in [0.25, 0.3) is 5.95 Å². The number of aromatic nitrogens is 4. The lowest BCUT2D eigenvalue weighted by atomic mass is 9.96. The van der Waals surface area contributed by atoms with Crippen molar-refractivity contribution >= 4 is 26.7 Å². The van der Waals surface area contributed by atoms with Crippen LogP contribution in [0.25, 0.3) is 16.9 Å². The molecule has 4 aromatic rings. The number of halogens is 1. The summed E-state index contributed by atoms with van der Waals surface area (Å²) in [5.41, 5.74) is 4.55. The first-order valence-corrected chi connectivity index (χ1v) is 13.7. The van der Waals surface area contributed by atoms with Crippen molar-refractivity contribution in [2.75, 3.05) is 5.32 Å². The highest BCUT2D eigenvalue weighted by atomic mass is 32.2. The number of hydrogen-bond acceptors (Lipinski definition) is 6. The fraction of sp³-hybridized carbons (Fsp3) is 0.346. The SMILES string of the molecule is CC(C)S(=O)(=O)NCc1cccc2c1cnn2-c1nc2c(c(NCc3cccc(F)c3)n1)CCCC2. The van der Waals surface area contributed by atoms with Crippen LogP contribution in [0.15, 0.2) is 48.7 Å². The van der Waals surface area contributed by atoms with E-state index in [2.05, 4.69) is 15.1 Å². The average molecular weight is 509 g/mol. The van der Waals surface area contributed by atoms with E-state index in [1.807, 2.05) is 24.3 Å². The maximum atomic E-state index is 13.7. The van der Waals surface area contributed by atoms with Crippen LogP contribution in [0.4, 0.5) is 10.2 Å². The topological polar surface area (TPSA) is 102 Å². The first kappa shape index (κ1) is 24.3. The van der Waals surface area contributed by atoms with Crippen LogP contribution in [0, 0.1) is 5.82 Å². The van der Waals surface area contributed by atoms with E-state index in [0.29, 0.717) is 12.5 Å². The van der Waals surface area contributed by atoms with E-state index >= 15 is 0 Å².